The fourth-order valence-electron chi connectivity index (χ4n) is 3.80. The predicted octanol–water partition coefficient (Wildman–Crippen LogP) is 3.83. The molecule has 1 fully saturated rings. The Morgan fingerprint density at radius 3 is 2.76 bits per heavy atom. The van der Waals surface area contributed by atoms with Gasteiger partial charge in [-0.25, -0.2) is 0 Å². The monoisotopic (exact) mass is 411 g/mol. The molecule has 0 radical (unpaired) electrons. The lowest BCUT2D eigenvalue weighted by atomic mass is 9.91. The second-order valence-corrected chi connectivity index (χ2v) is 8.23. The number of hydrogen-bond acceptors (Lipinski definition) is 6. The van der Waals surface area contributed by atoms with Crippen LogP contribution in [0.15, 0.2) is 36.0 Å². The van der Waals surface area contributed by atoms with E-state index in [2.05, 4.69) is 10.00 Å². The van der Waals surface area contributed by atoms with E-state index >= 15 is 0 Å². The van der Waals surface area contributed by atoms with Gasteiger partial charge in [0, 0.05) is 42.5 Å². The van der Waals surface area contributed by atoms with Gasteiger partial charge in [-0.1, -0.05) is 6.07 Å². The van der Waals surface area contributed by atoms with Crippen LogP contribution in [0.1, 0.15) is 22.2 Å². The third kappa shape index (κ3) is 4.12. The highest BCUT2D eigenvalue weighted by molar-refractivity contribution is 7.12. The second-order valence-electron chi connectivity index (χ2n) is 7.32. The first-order valence-electron chi connectivity index (χ1n) is 9.79. The minimum atomic E-state index is 0.0323. The van der Waals surface area contributed by atoms with Gasteiger partial charge in [0.25, 0.3) is 0 Å². The highest BCUT2D eigenvalue weighted by Gasteiger charge is 2.21. The van der Waals surface area contributed by atoms with E-state index in [1.807, 2.05) is 35.3 Å². The zero-order valence-electron chi connectivity index (χ0n) is 16.7. The van der Waals surface area contributed by atoms with Gasteiger partial charge in [0.2, 0.25) is 0 Å². The number of morpholine rings is 1. The number of benzene rings is 1. The molecule has 2 aromatic heterocycles. The molecule has 1 saturated heterocycles. The molecule has 1 aliphatic rings. The predicted molar refractivity (Wildman–Crippen MR) is 115 cm³/mol. The van der Waals surface area contributed by atoms with Crippen molar-refractivity contribution in [2.45, 2.75) is 20.4 Å². The molecule has 29 heavy (non-hydrogen) atoms. The lowest BCUT2D eigenvalue weighted by Gasteiger charge is -2.26. The Labute approximate surface area is 174 Å². The van der Waals surface area contributed by atoms with Gasteiger partial charge in [-0.3, -0.25) is 14.4 Å². The second kappa shape index (κ2) is 8.49. The molecule has 0 aliphatic carbocycles. The molecule has 7 heteroatoms. The Hall–Kier alpha value is -2.48. The molecular formula is C22H25N3O3S. The summed E-state index contributed by atoms with van der Waals surface area (Å²) in [4.78, 5) is 15.2. The number of rotatable bonds is 6. The third-order valence-electron chi connectivity index (χ3n) is 5.32. The maximum absolute atomic E-state index is 12.1. The van der Waals surface area contributed by atoms with Gasteiger partial charge >= 0.3 is 0 Å². The average molecular weight is 412 g/mol. The molecule has 6 nitrogen and oxygen atoms in total. The van der Waals surface area contributed by atoms with Crippen LogP contribution in [0.4, 0.5) is 0 Å². The van der Waals surface area contributed by atoms with E-state index in [4.69, 9.17) is 4.74 Å². The van der Waals surface area contributed by atoms with Gasteiger partial charge in [-0.2, -0.15) is 5.10 Å². The number of hydrogen-bond donors (Lipinski definition) is 1. The largest absolute Gasteiger partial charge is 0.507 e. The number of phenols is 1. The van der Waals surface area contributed by atoms with Crippen molar-refractivity contribution in [3.05, 3.63) is 46.4 Å². The number of ether oxygens (including phenoxy) is 1. The molecule has 0 unspecified atom stereocenters. The fourth-order valence-corrected chi connectivity index (χ4v) is 4.60. The summed E-state index contributed by atoms with van der Waals surface area (Å²) in [6, 6.07) is 5.55. The van der Waals surface area contributed by atoms with E-state index < -0.39 is 0 Å². The van der Waals surface area contributed by atoms with Crippen LogP contribution in [0.3, 0.4) is 0 Å². The molecule has 4 rings (SSSR count). The van der Waals surface area contributed by atoms with E-state index in [0.29, 0.717) is 4.88 Å². The molecule has 0 atom stereocenters. The van der Waals surface area contributed by atoms with Gasteiger partial charge in [0.15, 0.2) is 5.78 Å². The number of aromatic nitrogens is 2. The van der Waals surface area contributed by atoms with Crippen molar-refractivity contribution in [2.24, 2.45) is 0 Å². The first-order valence-corrected chi connectivity index (χ1v) is 10.7. The molecule has 1 aliphatic heterocycles. The molecule has 3 heterocycles. The molecule has 0 amide bonds. The lowest BCUT2D eigenvalue weighted by molar-refractivity contribution is 0.0360. The lowest BCUT2D eigenvalue weighted by Crippen LogP contribution is -2.38. The maximum atomic E-state index is 12.1. The van der Waals surface area contributed by atoms with Gasteiger partial charge in [0.1, 0.15) is 5.75 Å². The zero-order chi connectivity index (χ0) is 20.4. The number of carbonyl (C=O) groups is 1. The van der Waals surface area contributed by atoms with E-state index in [1.165, 1.54) is 11.3 Å². The first-order chi connectivity index (χ1) is 14.0. The molecule has 1 N–H and O–H groups in total. The number of nitrogens with zero attached hydrogens (tertiary/aromatic N) is 3. The number of aryl methyl sites for hydroxylation is 1. The van der Waals surface area contributed by atoms with Crippen molar-refractivity contribution in [3.8, 4) is 28.0 Å². The van der Waals surface area contributed by atoms with Crippen LogP contribution in [0.5, 0.6) is 5.75 Å². The van der Waals surface area contributed by atoms with Crippen LogP contribution in [-0.2, 0) is 11.3 Å². The van der Waals surface area contributed by atoms with Gasteiger partial charge in [-0.05, 0) is 42.5 Å². The van der Waals surface area contributed by atoms with E-state index in [0.717, 1.165) is 67.2 Å². The van der Waals surface area contributed by atoms with Crippen molar-refractivity contribution < 1.29 is 14.6 Å². The molecule has 0 spiro atoms. The van der Waals surface area contributed by atoms with Crippen LogP contribution >= 0.6 is 11.3 Å². The maximum Gasteiger partial charge on any atom is 0.170 e. The summed E-state index contributed by atoms with van der Waals surface area (Å²) >= 11 is 1.43. The quantitative estimate of drug-likeness (QED) is 0.625. The van der Waals surface area contributed by atoms with Crippen LogP contribution in [0.25, 0.3) is 22.3 Å². The normalized spacial score (nSPS) is 15.0. The highest BCUT2D eigenvalue weighted by Crippen LogP contribution is 2.43. The number of Topliss-reactive ketones (excluding diaryl/α,β-unsaturated/α-hetero) is 1. The van der Waals surface area contributed by atoms with E-state index in [9.17, 15) is 9.90 Å². The highest BCUT2D eigenvalue weighted by atomic mass is 32.1. The van der Waals surface area contributed by atoms with Crippen LogP contribution in [0.2, 0.25) is 0 Å². The van der Waals surface area contributed by atoms with Gasteiger partial charge in [0.05, 0.1) is 30.8 Å². The molecule has 1 aromatic carbocycles. The molecule has 0 bridgehead atoms. The van der Waals surface area contributed by atoms with Crippen molar-refractivity contribution in [3.63, 3.8) is 0 Å². The summed E-state index contributed by atoms with van der Waals surface area (Å²) < 4.78 is 7.31. The fraction of sp³-hybridized carbons (Fsp3) is 0.364. The van der Waals surface area contributed by atoms with E-state index in [1.54, 1.807) is 19.2 Å². The average Bonchev–Trinajstić information content (AvgIpc) is 3.38. The number of phenolic OH excluding ortho intramolecular Hbond substituents is 1. The standard InChI is InChI=1S/C22H25N3O3S/c1-15-3-4-19(27)21(20(15)18-5-12-29-22(18)16(2)26)17-13-23-25(14-17)7-6-24-8-10-28-11-9-24/h3-5,12-14,27H,6-11H2,1-2H3. The zero-order valence-corrected chi connectivity index (χ0v) is 17.5. The Balaban J connectivity index is 1.67. The SMILES string of the molecule is CC(=O)c1sccc1-c1c(C)ccc(O)c1-c1cnn(CCN2CCOCC2)c1. The topological polar surface area (TPSA) is 67.6 Å². The van der Waals surface area contributed by atoms with Crippen LogP contribution < -0.4 is 0 Å². The smallest absolute Gasteiger partial charge is 0.170 e. The van der Waals surface area contributed by atoms with Crippen molar-refractivity contribution in [1.29, 1.82) is 0 Å². The summed E-state index contributed by atoms with van der Waals surface area (Å²) in [6.45, 7) is 8.73. The van der Waals surface area contributed by atoms with Crippen molar-refractivity contribution in [1.82, 2.24) is 14.7 Å². The van der Waals surface area contributed by atoms with Crippen molar-refractivity contribution >= 4 is 17.1 Å². The molecule has 3 aromatic rings. The number of aromatic hydroxyl groups is 1. The number of carbonyl (C=O) groups excluding carboxylic acids is 1. The van der Waals surface area contributed by atoms with Gasteiger partial charge < -0.3 is 9.84 Å². The van der Waals surface area contributed by atoms with Crippen LogP contribution in [0, 0.1) is 6.92 Å². The Morgan fingerprint density at radius 2 is 2.00 bits per heavy atom. The third-order valence-corrected chi connectivity index (χ3v) is 6.33. The van der Waals surface area contributed by atoms with Gasteiger partial charge in [-0.15, -0.1) is 11.3 Å². The Kier molecular flexibility index (Phi) is 5.80. The van der Waals surface area contributed by atoms with Crippen molar-refractivity contribution in [2.75, 3.05) is 32.8 Å². The summed E-state index contributed by atoms with van der Waals surface area (Å²) in [6.07, 6.45) is 3.76. The number of thiophene rings is 1. The molecule has 0 saturated carbocycles. The molecular weight excluding hydrogens is 386 g/mol. The summed E-state index contributed by atoms with van der Waals surface area (Å²) in [7, 11) is 0. The first kappa shape index (κ1) is 19.8. The minimum absolute atomic E-state index is 0.0323. The number of ketones is 1. The Morgan fingerprint density at radius 1 is 1.21 bits per heavy atom. The minimum Gasteiger partial charge on any atom is -0.507 e. The summed E-state index contributed by atoms with van der Waals surface area (Å²) in [5.74, 6) is 0.226. The van der Waals surface area contributed by atoms with E-state index in [-0.39, 0.29) is 11.5 Å². The summed E-state index contributed by atoms with van der Waals surface area (Å²) in [5.41, 5.74) is 4.35. The molecule has 152 valence electrons. The summed E-state index contributed by atoms with van der Waals surface area (Å²) in [5, 5.41) is 17.1. The Bertz CT molecular complexity index is 1020. The van der Waals surface area contributed by atoms with Crippen LogP contribution in [-0.4, -0.2) is 58.4 Å².